The van der Waals surface area contributed by atoms with Crippen LogP contribution < -0.4 is 15.5 Å². The van der Waals surface area contributed by atoms with Crippen LogP contribution in [0.3, 0.4) is 0 Å². The van der Waals surface area contributed by atoms with Crippen LogP contribution >= 0.6 is 11.6 Å². The van der Waals surface area contributed by atoms with E-state index in [1.807, 2.05) is 68.1 Å². The highest BCUT2D eigenvalue weighted by atomic mass is 35.5. The Morgan fingerprint density at radius 1 is 1.06 bits per heavy atom. The zero-order chi connectivity index (χ0) is 23.1. The average Bonchev–Trinajstić information content (AvgIpc) is 2.71. The highest BCUT2D eigenvalue weighted by Crippen LogP contribution is 2.28. The van der Waals surface area contributed by atoms with E-state index in [9.17, 15) is 9.59 Å². The zero-order valence-electron chi connectivity index (χ0n) is 19.2. The van der Waals surface area contributed by atoms with Crippen molar-refractivity contribution in [3.8, 4) is 0 Å². The number of halogens is 1. The van der Waals surface area contributed by atoms with Crippen molar-refractivity contribution in [2.24, 2.45) is 5.92 Å². The second-order valence-corrected chi connectivity index (χ2v) is 8.53. The normalized spacial score (nSPS) is 11.7. The van der Waals surface area contributed by atoms with E-state index in [1.165, 1.54) is 0 Å². The minimum Gasteiger partial charge on any atom is -0.377 e. The van der Waals surface area contributed by atoms with Gasteiger partial charge in [-0.3, -0.25) is 4.79 Å². The number of benzene rings is 2. The first-order chi connectivity index (χ1) is 14.6. The Balaban J connectivity index is 2.45. The van der Waals surface area contributed by atoms with Crippen LogP contribution in [0.25, 0.3) is 0 Å². The maximum atomic E-state index is 13.5. The van der Waals surface area contributed by atoms with E-state index < -0.39 is 0 Å². The highest BCUT2D eigenvalue weighted by molar-refractivity contribution is 6.33. The molecule has 0 saturated heterocycles. The molecule has 0 aromatic heterocycles. The number of nitrogens with one attached hydrogen (secondary N) is 2. The summed E-state index contributed by atoms with van der Waals surface area (Å²) in [6.45, 7) is 9.04. The molecule has 7 heteroatoms. The number of urea groups is 1. The highest BCUT2D eigenvalue weighted by Gasteiger charge is 2.26. The number of hydrogen-bond acceptors (Lipinski definition) is 3. The van der Waals surface area contributed by atoms with Gasteiger partial charge in [0.25, 0.3) is 5.91 Å². The van der Waals surface area contributed by atoms with Crippen LogP contribution in [-0.2, 0) is 6.54 Å². The molecule has 1 atom stereocenters. The van der Waals surface area contributed by atoms with Gasteiger partial charge in [-0.25, -0.2) is 4.79 Å². The van der Waals surface area contributed by atoms with E-state index in [0.717, 1.165) is 11.3 Å². The Hall–Kier alpha value is -2.73. The number of rotatable bonds is 8. The van der Waals surface area contributed by atoms with Crippen LogP contribution in [0.1, 0.15) is 43.6 Å². The number of hydrogen-bond donors (Lipinski definition) is 2. The van der Waals surface area contributed by atoms with Crippen LogP contribution in [0.4, 0.5) is 16.2 Å². The monoisotopic (exact) mass is 444 g/mol. The van der Waals surface area contributed by atoms with E-state index in [4.69, 9.17) is 11.6 Å². The third-order valence-electron chi connectivity index (χ3n) is 5.32. The molecule has 0 unspecified atom stereocenters. The molecular weight excluding hydrogens is 412 g/mol. The molecule has 0 aliphatic heterocycles. The van der Waals surface area contributed by atoms with Crippen molar-refractivity contribution in [1.82, 2.24) is 10.2 Å². The minimum atomic E-state index is -0.259. The summed E-state index contributed by atoms with van der Waals surface area (Å²) in [5, 5.41) is 6.02. The molecular formula is C24H33ClN4O2. The first-order valence-corrected chi connectivity index (χ1v) is 10.9. The topological polar surface area (TPSA) is 64.7 Å². The fraction of sp³-hybridized carbons (Fsp3) is 0.417. The molecule has 2 rings (SSSR count). The van der Waals surface area contributed by atoms with Gasteiger partial charge in [-0.05, 0) is 55.7 Å². The lowest BCUT2D eigenvalue weighted by molar-refractivity contribution is 0.0628. The standard InChI is InChI=1S/C24H33ClN4O2/c1-7-26-24(31)27-19-12-13-22(28(5)6)18(14-19)15-29(17(4)16(2)3)23(30)20-10-8-9-11-21(20)25/h8-14,16-17H,7,15H2,1-6H3,(H2,26,27,31)/t17-/m1/s1. The zero-order valence-corrected chi connectivity index (χ0v) is 20.0. The van der Waals surface area contributed by atoms with Crippen LogP contribution in [0.5, 0.6) is 0 Å². The second-order valence-electron chi connectivity index (χ2n) is 8.12. The van der Waals surface area contributed by atoms with Gasteiger partial charge in [-0.1, -0.05) is 37.6 Å². The molecule has 3 amide bonds. The van der Waals surface area contributed by atoms with Gasteiger partial charge in [0, 0.05) is 44.6 Å². The molecule has 0 radical (unpaired) electrons. The fourth-order valence-corrected chi connectivity index (χ4v) is 3.51. The van der Waals surface area contributed by atoms with Crippen LogP contribution in [-0.4, -0.2) is 43.5 Å². The van der Waals surface area contributed by atoms with Crippen molar-refractivity contribution in [1.29, 1.82) is 0 Å². The molecule has 168 valence electrons. The Labute approximate surface area is 190 Å². The summed E-state index contributed by atoms with van der Waals surface area (Å²) >= 11 is 6.33. The summed E-state index contributed by atoms with van der Waals surface area (Å²) in [5.41, 5.74) is 3.08. The van der Waals surface area contributed by atoms with E-state index in [1.54, 1.807) is 12.1 Å². The number of carbonyl (C=O) groups excluding carboxylic acids is 2. The van der Waals surface area contributed by atoms with Gasteiger partial charge < -0.3 is 20.4 Å². The van der Waals surface area contributed by atoms with Gasteiger partial charge in [-0.2, -0.15) is 0 Å². The molecule has 2 aromatic rings. The molecule has 6 nitrogen and oxygen atoms in total. The molecule has 0 bridgehead atoms. The third kappa shape index (κ3) is 6.37. The second kappa shape index (κ2) is 11.0. The third-order valence-corrected chi connectivity index (χ3v) is 5.65. The molecule has 2 N–H and O–H groups in total. The van der Waals surface area contributed by atoms with E-state index in [0.29, 0.717) is 29.4 Å². The van der Waals surface area contributed by atoms with Gasteiger partial charge in [-0.15, -0.1) is 0 Å². The maximum absolute atomic E-state index is 13.5. The van der Waals surface area contributed by atoms with Crippen molar-refractivity contribution in [3.05, 3.63) is 58.6 Å². The van der Waals surface area contributed by atoms with Crippen molar-refractivity contribution in [2.45, 2.75) is 40.3 Å². The lowest BCUT2D eigenvalue weighted by Gasteiger charge is -2.33. The molecule has 0 spiro atoms. The summed E-state index contributed by atoms with van der Waals surface area (Å²) < 4.78 is 0. The van der Waals surface area contributed by atoms with E-state index >= 15 is 0 Å². The molecule has 0 saturated carbocycles. The molecule has 2 aromatic carbocycles. The number of nitrogens with zero attached hydrogens (tertiary/aromatic N) is 2. The first-order valence-electron chi connectivity index (χ1n) is 10.6. The van der Waals surface area contributed by atoms with Gasteiger partial charge >= 0.3 is 6.03 Å². The van der Waals surface area contributed by atoms with Crippen LogP contribution in [0.2, 0.25) is 5.02 Å². The number of amides is 3. The van der Waals surface area contributed by atoms with Crippen LogP contribution in [0.15, 0.2) is 42.5 Å². The quantitative estimate of drug-likeness (QED) is 0.585. The van der Waals surface area contributed by atoms with Gasteiger partial charge in [0.15, 0.2) is 0 Å². The Morgan fingerprint density at radius 2 is 1.74 bits per heavy atom. The predicted molar refractivity (Wildman–Crippen MR) is 129 cm³/mol. The summed E-state index contributed by atoms with van der Waals surface area (Å²) in [7, 11) is 3.92. The maximum Gasteiger partial charge on any atom is 0.319 e. The fourth-order valence-electron chi connectivity index (χ4n) is 3.30. The van der Waals surface area contributed by atoms with E-state index in [2.05, 4.69) is 24.5 Å². The van der Waals surface area contributed by atoms with Crippen LogP contribution in [0, 0.1) is 5.92 Å². The van der Waals surface area contributed by atoms with Crippen molar-refractivity contribution >= 4 is 34.9 Å². The summed E-state index contributed by atoms with van der Waals surface area (Å²) in [6.07, 6.45) is 0. The molecule has 0 fully saturated rings. The Bertz CT molecular complexity index is 914. The molecule has 31 heavy (non-hydrogen) atoms. The summed E-state index contributed by atoms with van der Waals surface area (Å²) in [6, 6.07) is 12.6. The van der Waals surface area contributed by atoms with Crippen molar-refractivity contribution in [3.63, 3.8) is 0 Å². The number of anilines is 2. The Morgan fingerprint density at radius 3 is 2.32 bits per heavy atom. The van der Waals surface area contributed by atoms with E-state index in [-0.39, 0.29) is 23.9 Å². The molecule has 0 aliphatic rings. The SMILES string of the molecule is CCNC(=O)Nc1ccc(N(C)C)c(CN(C(=O)c2ccccc2Cl)[C@H](C)C(C)C)c1. The Kier molecular flexibility index (Phi) is 8.75. The van der Waals surface area contributed by atoms with Gasteiger partial charge in [0.1, 0.15) is 0 Å². The first kappa shape index (κ1) is 24.5. The van der Waals surface area contributed by atoms with Crippen molar-refractivity contribution < 1.29 is 9.59 Å². The van der Waals surface area contributed by atoms with Crippen molar-refractivity contribution in [2.75, 3.05) is 30.9 Å². The van der Waals surface area contributed by atoms with Gasteiger partial charge in [0.05, 0.1) is 10.6 Å². The minimum absolute atomic E-state index is 0.0150. The largest absolute Gasteiger partial charge is 0.377 e. The summed E-state index contributed by atoms with van der Waals surface area (Å²) in [5.74, 6) is 0.143. The number of carbonyl (C=O) groups is 2. The lowest BCUT2D eigenvalue weighted by Crippen LogP contribution is -2.41. The van der Waals surface area contributed by atoms with Gasteiger partial charge in [0.2, 0.25) is 0 Å². The summed E-state index contributed by atoms with van der Waals surface area (Å²) in [4.78, 5) is 29.3. The lowest BCUT2D eigenvalue weighted by atomic mass is 10.0. The predicted octanol–water partition coefficient (Wildman–Crippen LogP) is 5.23. The smallest absolute Gasteiger partial charge is 0.319 e. The molecule has 0 heterocycles. The average molecular weight is 445 g/mol. The molecule has 0 aliphatic carbocycles.